The Labute approximate surface area is 93.8 Å². The van der Waals surface area contributed by atoms with Crippen LogP contribution in [0.2, 0.25) is 0 Å². The first-order chi connectivity index (χ1) is 7.20. The van der Waals surface area contributed by atoms with Crippen molar-refractivity contribution in [3.05, 3.63) is 30.0 Å². The van der Waals surface area contributed by atoms with E-state index in [1.165, 1.54) is 11.8 Å². The van der Waals surface area contributed by atoms with E-state index >= 15 is 0 Å². The zero-order chi connectivity index (χ0) is 11.1. The normalized spacial score (nSPS) is 10.7. The molecular formula is C11H14N2OS. The fourth-order valence-electron chi connectivity index (χ4n) is 1.05. The summed E-state index contributed by atoms with van der Waals surface area (Å²) < 4.78 is 0. The molecule has 0 saturated heterocycles. The van der Waals surface area contributed by atoms with Gasteiger partial charge in [-0.05, 0) is 18.6 Å². The first-order valence-electron chi connectivity index (χ1n) is 4.70. The van der Waals surface area contributed by atoms with Crippen molar-refractivity contribution in [3.63, 3.8) is 0 Å². The van der Waals surface area contributed by atoms with Crippen molar-refractivity contribution >= 4 is 28.8 Å². The summed E-state index contributed by atoms with van der Waals surface area (Å²) in [6.07, 6.45) is 6.46. The van der Waals surface area contributed by atoms with Crippen LogP contribution < -0.4 is 5.73 Å². The molecule has 0 fully saturated rings. The molecule has 15 heavy (non-hydrogen) atoms. The molecular weight excluding hydrogens is 208 g/mol. The number of rotatable bonds is 4. The van der Waals surface area contributed by atoms with Crippen molar-refractivity contribution in [1.29, 1.82) is 0 Å². The Bertz CT molecular complexity index is 363. The topological polar surface area (TPSA) is 56.0 Å². The number of pyridine rings is 1. The molecule has 0 bridgehead atoms. The molecule has 3 nitrogen and oxygen atoms in total. The number of nitrogens with zero attached hydrogens (tertiary/aromatic N) is 1. The van der Waals surface area contributed by atoms with Crippen molar-refractivity contribution in [2.45, 2.75) is 13.3 Å². The lowest BCUT2D eigenvalue weighted by atomic mass is 10.2. The standard InChI is InChI=1S/C11H14N2OS/c1-9(14)15-8-3-2-5-10-6-4-7-13-11(10)12/h2,4-7H,3,8H2,1H3,(H2,12,13). The van der Waals surface area contributed by atoms with Crippen LogP contribution in [0, 0.1) is 0 Å². The van der Waals surface area contributed by atoms with Gasteiger partial charge in [0.25, 0.3) is 0 Å². The molecule has 1 rings (SSSR count). The lowest BCUT2D eigenvalue weighted by Gasteiger charge is -1.97. The summed E-state index contributed by atoms with van der Waals surface area (Å²) in [5, 5.41) is 0.157. The van der Waals surface area contributed by atoms with Crippen LogP contribution in [-0.2, 0) is 4.79 Å². The number of aromatic nitrogens is 1. The van der Waals surface area contributed by atoms with E-state index in [2.05, 4.69) is 4.98 Å². The smallest absolute Gasteiger partial charge is 0.185 e. The second-order valence-electron chi connectivity index (χ2n) is 3.01. The third kappa shape index (κ3) is 4.65. The summed E-state index contributed by atoms with van der Waals surface area (Å²) in [5.74, 6) is 1.35. The molecule has 0 aliphatic heterocycles. The van der Waals surface area contributed by atoms with E-state index in [1.54, 1.807) is 13.1 Å². The van der Waals surface area contributed by atoms with Gasteiger partial charge in [0.15, 0.2) is 5.12 Å². The quantitative estimate of drug-likeness (QED) is 0.794. The lowest BCUT2D eigenvalue weighted by Crippen LogP contribution is -1.91. The van der Waals surface area contributed by atoms with Gasteiger partial charge in [0.1, 0.15) is 5.82 Å². The van der Waals surface area contributed by atoms with E-state index in [4.69, 9.17) is 5.73 Å². The molecule has 0 aliphatic rings. The highest BCUT2D eigenvalue weighted by Crippen LogP contribution is 2.10. The molecule has 0 atom stereocenters. The van der Waals surface area contributed by atoms with Gasteiger partial charge in [-0.15, -0.1) is 0 Å². The van der Waals surface area contributed by atoms with Crippen LogP contribution in [0.4, 0.5) is 5.82 Å². The zero-order valence-electron chi connectivity index (χ0n) is 8.64. The number of nitrogens with two attached hydrogens (primary N) is 1. The summed E-state index contributed by atoms with van der Waals surface area (Å²) in [6, 6.07) is 3.76. The van der Waals surface area contributed by atoms with Crippen LogP contribution in [0.1, 0.15) is 18.9 Å². The summed E-state index contributed by atoms with van der Waals surface area (Å²) in [5.41, 5.74) is 6.58. The molecule has 80 valence electrons. The van der Waals surface area contributed by atoms with Gasteiger partial charge in [0, 0.05) is 24.4 Å². The molecule has 0 spiro atoms. The maximum absolute atomic E-state index is 10.6. The molecule has 1 heterocycles. The monoisotopic (exact) mass is 222 g/mol. The average Bonchev–Trinajstić information content (AvgIpc) is 2.20. The average molecular weight is 222 g/mol. The van der Waals surface area contributed by atoms with Crippen LogP contribution in [-0.4, -0.2) is 15.9 Å². The van der Waals surface area contributed by atoms with Crippen molar-refractivity contribution in [1.82, 2.24) is 4.98 Å². The number of hydrogen-bond donors (Lipinski definition) is 1. The highest BCUT2D eigenvalue weighted by Gasteiger charge is 1.94. The molecule has 0 aliphatic carbocycles. The van der Waals surface area contributed by atoms with Gasteiger partial charge in [-0.25, -0.2) is 4.98 Å². The molecule has 0 amide bonds. The van der Waals surface area contributed by atoms with E-state index in [9.17, 15) is 4.79 Å². The highest BCUT2D eigenvalue weighted by atomic mass is 32.2. The molecule has 1 aromatic rings. The maximum Gasteiger partial charge on any atom is 0.185 e. The molecule has 2 N–H and O–H groups in total. The van der Waals surface area contributed by atoms with E-state index in [0.29, 0.717) is 5.82 Å². The van der Waals surface area contributed by atoms with Gasteiger partial charge in [-0.3, -0.25) is 4.79 Å². The van der Waals surface area contributed by atoms with Crippen LogP contribution in [0.5, 0.6) is 0 Å². The van der Waals surface area contributed by atoms with Crippen LogP contribution in [0.25, 0.3) is 6.08 Å². The third-order valence-electron chi connectivity index (χ3n) is 1.76. The second kappa shape index (κ2) is 6.24. The van der Waals surface area contributed by atoms with Crippen molar-refractivity contribution < 1.29 is 4.79 Å². The summed E-state index contributed by atoms with van der Waals surface area (Å²) in [4.78, 5) is 14.6. The number of carbonyl (C=O) groups is 1. The Hall–Kier alpha value is -1.29. The number of thioether (sulfide) groups is 1. The number of nitrogen functional groups attached to an aromatic ring is 1. The number of anilines is 1. The van der Waals surface area contributed by atoms with Gasteiger partial charge in [0.2, 0.25) is 0 Å². The van der Waals surface area contributed by atoms with Crippen molar-refractivity contribution in [2.75, 3.05) is 11.5 Å². The Morgan fingerprint density at radius 3 is 3.13 bits per heavy atom. The maximum atomic E-state index is 10.6. The predicted molar refractivity (Wildman–Crippen MR) is 65.4 cm³/mol. The van der Waals surface area contributed by atoms with Crippen molar-refractivity contribution in [2.24, 2.45) is 0 Å². The first-order valence-corrected chi connectivity index (χ1v) is 5.69. The molecule has 0 aromatic carbocycles. The zero-order valence-corrected chi connectivity index (χ0v) is 9.46. The summed E-state index contributed by atoms with van der Waals surface area (Å²) >= 11 is 1.33. The van der Waals surface area contributed by atoms with Crippen LogP contribution in [0.15, 0.2) is 24.4 Å². The van der Waals surface area contributed by atoms with Gasteiger partial charge in [-0.2, -0.15) is 0 Å². The number of carbonyl (C=O) groups excluding carboxylic acids is 1. The Morgan fingerprint density at radius 2 is 2.47 bits per heavy atom. The Kier molecular flexibility index (Phi) is 4.90. The molecule has 0 radical (unpaired) electrons. The fraction of sp³-hybridized carbons (Fsp3) is 0.273. The highest BCUT2D eigenvalue weighted by molar-refractivity contribution is 8.13. The number of allylic oxidation sites excluding steroid dienone is 1. The van der Waals surface area contributed by atoms with Crippen molar-refractivity contribution in [3.8, 4) is 0 Å². The van der Waals surface area contributed by atoms with Crippen LogP contribution >= 0.6 is 11.8 Å². The minimum absolute atomic E-state index is 0.157. The third-order valence-corrected chi connectivity index (χ3v) is 2.60. The predicted octanol–water partition coefficient (Wildman–Crippen LogP) is 2.35. The SMILES string of the molecule is CC(=O)SCCC=Cc1cccnc1N. The van der Waals surface area contributed by atoms with Gasteiger partial charge >= 0.3 is 0 Å². The minimum atomic E-state index is 0.157. The fourth-order valence-corrected chi connectivity index (χ4v) is 1.59. The Morgan fingerprint density at radius 1 is 1.67 bits per heavy atom. The molecule has 0 unspecified atom stereocenters. The number of hydrogen-bond acceptors (Lipinski definition) is 4. The van der Waals surface area contributed by atoms with E-state index in [1.807, 2.05) is 24.3 Å². The van der Waals surface area contributed by atoms with Crippen LogP contribution in [0.3, 0.4) is 0 Å². The molecule has 0 saturated carbocycles. The lowest BCUT2D eigenvalue weighted by molar-refractivity contribution is -0.109. The van der Waals surface area contributed by atoms with E-state index < -0.39 is 0 Å². The van der Waals surface area contributed by atoms with Gasteiger partial charge < -0.3 is 5.73 Å². The van der Waals surface area contributed by atoms with E-state index in [-0.39, 0.29) is 5.12 Å². The molecule has 4 heteroatoms. The first kappa shape index (κ1) is 11.8. The second-order valence-corrected chi connectivity index (χ2v) is 4.28. The van der Waals surface area contributed by atoms with Gasteiger partial charge in [0.05, 0.1) is 0 Å². The van der Waals surface area contributed by atoms with Gasteiger partial charge in [-0.1, -0.05) is 23.9 Å². The molecule has 1 aromatic heterocycles. The van der Waals surface area contributed by atoms with E-state index in [0.717, 1.165) is 17.7 Å². The largest absolute Gasteiger partial charge is 0.383 e. The summed E-state index contributed by atoms with van der Waals surface area (Å²) in [6.45, 7) is 1.58. The Balaban J connectivity index is 2.38. The minimum Gasteiger partial charge on any atom is -0.383 e. The summed E-state index contributed by atoms with van der Waals surface area (Å²) in [7, 11) is 0.